The number of aliphatic hydroxyl groups is 1. The van der Waals surface area contributed by atoms with Gasteiger partial charge in [-0.1, -0.05) is 6.92 Å². The van der Waals surface area contributed by atoms with Crippen molar-refractivity contribution in [2.45, 2.75) is 45.0 Å². The number of alkyl halides is 3. The average molecular weight is 569 g/mol. The molecule has 218 valence electrons. The van der Waals surface area contributed by atoms with Crippen molar-refractivity contribution in [1.29, 1.82) is 0 Å². The number of hydrogen-bond acceptors (Lipinski definition) is 5. The van der Waals surface area contributed by atoms with Gasteiger partial charge in [0.25, 0.3) is 5.91 Å². The Bertz CT molecular complexity index is 1210. The van der Waals surface area contributed by atoms with Crippen molar-refractivity contribution in [3.8, 4) is 5.75 Å². The molecule has 0 saturated heterocycles. The number of fused-ring (bicyclic) bond motifs is 1. The predicted octanol–water partition coefficient (Wildman–Crippen LogP) is 4.49. The number of benzene rings is 2. The Kier molecular flexibility index (Phi) is 9.96. The van der Waals surface area contributed by atoms with Crippen LogP contribution in [0.3, 0.4) is 0 Å². The molecule has 0 radical (unpaired) electrons. The van der Waals surface area contributed by atoms with Crippen LogP contribution in [0, 0.1) is 11.7 Å². The average Bonchev–Trinajstić information content (AvgIpc) is 2.90. The Balaban J connectivity index is 1.83. The van der Waals surface area contributed by atoms with E-state index in [9.17, 15) is 37.1 Å². The fraction of sp³-hybridized carbons (Fsp3) is 0.444. The lowest BCUT2D eigenvalue weighted by atomic mass is 9.99. The van der Waals surface area contributed by atoms with E-state index in [2.05, 4.69) is 10.6 Å². The van der Waals surface area contributed by atoms with Crippen LogP contribution in [0.5, 0.6) is 5.75 Å². The summed E-state index contributed by atoms with van der Waals surface area (Å²) < 4.78 is 56.8. The largest absolute Gasteiger partial charge is 0.487 e. The molecule has 1 aliphatic heterocycles. The third-order valence-electron chi connectivity index (χ3n) is 6.48. The number of ether oxygens (including phenoxy) is 1. The van der Waals surface area contributed by atoms with Gasteiger partial charge in [0.1, 0.15) is 17.7 Å². The molecule has 9 nitrogen and oxygen atoms in total. The van der Waals surface area contributed by atoms with Crippen LogP contribution in [0.2, 0.25) is 0 Å². The Morgan fingerprint density at radius 1 is 1.15 bits per heavy atom. The van der Waals surface area contributed by atoms with E-state index in [-0.39, 0.29) is 42.6 Å². The van der Waals surface area contributed by atoms with E-state index in [1.807, 2.05) is 6.92 Å². The Hall–Kier alpha value is -3.87. The van der Waals surface area contributed by atoms with Crippen LogP contribution in [-0.2, 0) is 4.79 Å². The second kappa shape index (κ2) is 13.0. The zero-order valence-electron chi connectivity index (χ0n) is 22.3. The molecule has 0 saturated carbocycles. The Labute approximate surface area is 229 Å². The molecular weight excluding hydrogens is 536 g/mol. The molecule has 2 aromatic carbocycles. The van der Waals surface area contributed by atoms with E-state index < -0.39 is 54.8 Å². The molecular formula is C27H32F4N4O5. The lowest BCUT2D eigenvalue weighted by Gasteiger charge is -2.38. The predicted molar refractivity (Wildman–Crippen MR) is 140 cm³/mol. The monoisotopic (exact) mass is 568 g/mol. The first-order valence-electron chi connectivity index (χ1n) is 12.6. The molecule has 0 bridgehead atoms. The zero-order chi connectivity index (χ0) is 29.6. The summed E-state index contributed by atoms with van der Waals surface area (Å²) in [5, 5.41) is 14.8. The van der Waals surface area contributed by atoms with Crippen LogP contribution >= 0.6 is 0 Å². The van der Waals surface area contributed by atoms with E-state index in [1.54, 1.807) is 14.0 Å². The lowest BCUT2D eigenvalue weighted by Crippen LogP contribution is -2.50. The van der Waals surface area contributed by atoms with Crippen LogP contribution in [0.15, 0.2) is 42.5 Å². The number of amides is 4. The molecule has 2 aromatic rings. The third-order valence-corrected chi connectivity index (χ3v) is 6.48. The van der Waals surface area contributed by atoms with Gasteiger partial charge in [-0.25, -0.2) is 9.18 Å². The first-order chi connectivity index (χ1) is 18.8. The highest BCUT2D eigenvalue weighted by Gasteiger charge is 2.34. The minimum atomic E-state index is -4.48. The highest BCUT2D eigenvalue weighted by Crippen LogP contribution is 2.31. The molecule has 3 N–H and O–H groups in total. The molecule has 1 aliphatic rings. The number of halogens is 4. The van der Waals surface area contributed by atoms with Crippen molar-refractivity contribution in [3.05, 3.63) is 53.8 Å². The molecule has 0 unspecified atom stereocenters. The molecule has 40 heavy (non-hydrogen) atoms. The fourth-order valence-corrected chi connectivity index (χ4v) is 4.10. The zero-order valence-corrected chi connectivity index (χ0v) is 22.3. The summed E-state index contributed by atoms with van der Waals surface area (Å²) in [7, 11) is 1.55. The van der Waals surface area contributed by atoms with E-state index in [4.69, 9.17) is 4.74 Å². The highest BCUT2D eigenvalue weighted by atomic mass is 19.4. The number of carbonyl (C=O) groups excluding carboxylic acids is 3. The van der Waals surface area contributed by atoms with Gasteiger partial charge < -0.3 is 30.3 Å². The van der Waals surface area contributed by atoms with Crippen molar-refractivity contribution in [2.75, 3.05) is 37.4 Å². The maximum absolute atomic E-state index is 13.5. The number of anilines is 2. The van der Waals surface area contributed by atoms with Gasteiger partial charge in [-0.2, -0.15) is 13.2 Å². The Morgan fingerprint density at radius 3 is 2.42 bits per heavy atom. The summed E-state index contributed by atoms with van der Waals surface area (Å²) in [5.74, 6) is -1.94. The first kappa shape index (κ1) is 30.7. The number of nitrogens with zero attached hydrogens (tertiary/aromatic N) is 2. The van der Waals surface area contributed by atoms with Gasteiger partial charge in [-0.05, 0) is 49.4 Å². The van der Waals surface area contributed by atoms with Gasteiger partial charge in [0.15, 0.2) is 0 Å². The quantitative estimate of drug-likeness (QED) is 0.407. The fourth-order valence-electron chi connectivity index (χ4n) is 4.10. The second-order valence-corrected chi connectivity index (χ2v) is 9.81. The smallest absolute Gasteiger partial charge is 0.389 e. The van der Waals surface area contributed by atoms with E-state index in [0.717, 1.165) is 0 Å². The SMILES string of the molecule is C[C@H]1CN([C@@H](C)CO)C(=O)c2cc(NC(=O)CCC(F)(F)F)ccc2O[C@H]1CN(C)C(=O)Nc1ccc(F)cc1. The molecule has 0 fully saturated rings. The van der Waals surface area contributed by atoms with Crippen molar-refractivity contribution < 1.29 is 41.8 Å². The summed E-state index contributed by atoms with van der Waals surface area (Å²) in [6, 6.07) is 8.38. The van der Waals surface area contributed by atoms with Crippen molar-refractivity contribution in [2.24, 2.45) is 5.92 Å². The standard InChI is InChI=1S/C27H32F4N4O5/c1-16-13-35(17(2)15-36)25(38)21-12-20(32-24(37)10-11-27(29,30)31)8-9-22(21)40-23(16)14-34(3)26(39)33-19-6-4-18(28)5-7-19/h4-9,12,16-17,23,36H,10-11,13-15H2,1-3H3,(H,32,37)(H,33,39)/t16-,17-,23-/m0/s1. The molecule has 0 spiro atoms. The summed E-state index contributed by atoms with van der Waals surface area (Å²) in [4.78, 5) is 41.1. The van der Waals surface area contributed by atoms with Gasteiger partial charge in [-0.15, -0.1) is 0 Å². The summed E-state index contributed by atoms with van der Waals surface area (Å²) in [6.45, 7) is 3.43. The number of carbonyl (C=O) groups is 3. The maximum atomic E-state index is 13.5. The van der Waals surface area contributed by atoms with Crippen LogP contribution in [0.25, 0.3) is 0 Å². The summed E-state index contributed by atoms with van der Waals surface area (Å²) in [6.07, 6.45) is -7.15. The number of likely N-dealkylation sites (N-methyl/N-ethyl adjacent to an activating group) is 1. The number of aliphatic hydroxyl groups excluding tert-OH is 1. The molecule has 3 rings (SSSR count). The third kappa shape index (κ3) is 8.31. The minimum absolute atomic E-state index is 0.0456. The number of hydrogen-bond donors (Lipinski definition) is 3. The Morgan fingerprint density at radius 2 is 1.80 bits per heavy atom. The van der Waals surface area contributed by atoms with Gasteiger partial charge in [0.05, 0.1) is 31.2 Å². The van der Waals surface area contributed by atoms with Crippen LogP contribution in [0.1, 0.15) is 37.0 Å². The van der Waals surface area contributed by atoms with Crippen LogP contribution in [-0.4, -0.2) is 77.8 Å². The normalized spacial score (nSPS) is 18.1. The van der Waals surface area contributed by atoms with Crippen LogP contribution < -0.4 is 15.4 Å². The first-order valence-corrected chi connectivity index (χ1v) is 12.6. The molecule has 4 amide bonds. The summed E-state index contributed by atoms with van der Waals surface area (Å²) in [5.41, 5.74) is 0.554. The molecule has 0 aliphatic carbocycles. The molecule has 1 heterocycles. The number of urea groups is 1. The van der Waals surface area contributed by atoms with E-state index in [0.29, 0.717) is 5.69 Å². The maximum Gasteiger partial charge on any atom is 0.389 e. The van der Waals surface area contributed by atoms with Gasteiger partial charge >= 0.3 is 12.2 Å². The number of rotatable bonds is 8. The highest BCUT2D eigenvalue weighted by molar-refractivity contribution is 6.00. The topological polar surface area (TPSA) is 111 Å². The minimum Gasteiger partial charge on any atom is -0.487 e. The summed E-state index contributed by atoms with van der Waals surface area (Å²) >= 11 is 0. The van der Waals surface area contributed by atoms with Gasteiger partial charge in [0.2, 0.25) is 5.91 Å². The van der Waals surface area contributed by atoms with Gasteiger partial charge in [-0.3, -0.25) is 9.59 Å². The molecule has 13 heteroatoms. The number of nitrogens with one attached hydrogen (secondary N) is 2. The molecule has 3 atom stereocenters. The molecule has 0 aromatic heterocycles. The van der Waals surface area contributed by atoms with E-state index in [1.165, 1.54) is 52.3 Å². The van der Waals surface area contributed by atoms with Gasteiger partial charge in [0, 0.05) is 37.3 Å². The van der Waals surface area contributed by atoms with Crippen molar-refractivity contribution >= 4 is 29.2 Å². The van der Waals surface area contributed by atoms with Crippen molar-refractivity contribution in [1.82, 2.24) is 9.80 Å². The van der Waals surface area contributed by atoms with Crippen molar-refractivity contribution in [3.63, 3.8) is 0 Å². The van der Waals surface area contributed by atoms with E-state index >= 15 is 0 Å². The lowest BCUT2D eigenvalue weighted by molar-refractivity contribution is -0.142. The van der Waals surface area contributed by atoms with Crippen LogP contribution in [0.4, 0.5) is 33.7 Å². The second-order valence-electron chi connectivity index (χ2n) is 9.81.